The molecule has 0 aliphatic heterocycles. The Kier molecular flexibility index (Phi) is 5.71. The molecule has 0 saturated heterocycles. The first-order valence-corrected chi connectivity index (χ1v) is 7.24. The van der Waals surface area contributed by atoms with Crippen molar-refractivity contribution < 1.29 is 4.74 Å². The van der Waals surface area contributed by atoms with Crippen LogP contribution in [0.1, 0.15) is 37.1 Å². The smallest absolute Gasteiger partial charge is 0.161 e. The maximum atomic E-state index is 5.75. The van der Waals surface area contributed by atoms with E-state index in [1.54, 1.807) is 19.5 Å². The van der Waals surface area contributed by atoms with Crippen LogP contribution in [0, 0.1) is 0 Å². The summed E-state index contributed by atoms with van der Waals surface area (Å²) in [6.45, 7) is 2.97. The van der Waals surface area contributed by atoms with Crippen LogP contribution >= 0.6 is 0 Å². The zero-order chi connectivity index (χ0) is 15.1. The fourth-order valence-electron chi connectivity index (χ4n) is 2.43. The van der Waals surface area contributed by atoms with E-state index in [1.807, 2.05) is 16.9 Å². The minimum Gasteiger partial charge on any atom is -0.493 e. The first-order valence-electron chi connectivity index (χ1n) is 7.24. The summed E-state index contributed by atoms with van der Waals surface area (Å²) in [5.41, 5.74) is 5.09. The van der Waals surface area contributed by atoms with Gasteiger partial charge in [0.15, 0.2) is 5.75 Å². The summed E-state index contributed by atoms with van der Waals surface area (Å²) in [5.74, 6) is 6.53. The largest absolute Gasteiger partial charge is 0.493 e. The third-order valence-corrected chi connectivity index (χ3v) is 3.48. The molecule has 6 heteroatoms. The number of hydrazine groups is 1. The molecular weight excluding hydrogens is 266 g/mol. The van der Waals surface area contributed by atoms with Crippen LogP contribution in [0.25, 0.3) is 0 Å². The highest BCUT2D eigenvalue weighted by Crippen LogP contribution is 2.27. The summed E-state index contributed by atoms with van der Waals surface area (Å²) < 4.78 is 7.38. The van der Waals surface area contributed by atoms with Crippen molar-refractivity contribution in [2.45, 2.75) is 38.8 Å². The lowest BCUT2D eigenvalue weighted by atomic mass is 10.0. The highest BCUT2D eigenvalue weighted by Gasteiger charge is 2.20. The first-order chi connectivity index (χ1) is 10.3. The second kappa shape index (κ2) is 7.75. The van der Waals surface area contributed by atoms with Gasteiger partial charge in [-0.05, 0) is 30.9 Å². The molecule has 0 bridgehead atoms. The van der Waals surface area contributed by atoms with Gasteiger partial charge in [0.2, 0.25) is 0 Å². The molecule has 2 aromatic rings. The maximum Gasteiger partial charge on any atom is 0.161 e. The zero-order valence-corrected chi connectivity index (χ0v) is 12.6. The topological polar surface area (TPSA) is 78.0 Å². The van der Waals surface area contributed by atoms with E-state index in [9.17, 15) is 0 Å². The predicted molar refractivity (Wildman–Crippen MR) is 81.7 cm³/mol. The molecule has 114 valence electrons. The lowest BCUT2D eigenvalue weighted by Gasteiger charge is -2.19. The highest BCUT2D eigenvalue weighted by atomic mass is 16.5. The number of pyridine rings is 1. The summed E-state index contributed by atoms with van der Waals surface area (Å²) >= 11 is 0. The Morgan fingerprint density at radius 1 is 1.43 bits per heavy atom. The Hall–Kier alpha value is -1.92. The Bertz CT molecular complexity index is 540. The van der Waals surface area contributed by atoms with E-state index >= 15 is 0 Å². The van der Waals surface area contributed by atoms with Crippen molar-refractivity contribution in [1.82, 2.24) is 20.2 Å². The van der Waals surface area contributed by atoms with Crippen LogP contribution in [0.5, 0.6) is 5.75 Å². The van der Waals surface area contributed by atoms with Gasteiger partial charge >= 0.3 is 0 Å². The van der Waals surface area contributed by atoms with Gasteiger partial charge in [0.25, 0.3) is 0 Å². The van der Waals surface area contributed by atoms with Crippen molar-refractivity contribution >= 4 is 0 Å². The van der Waals surface area contributed by atoms with E-state index < -0.39 is 0 Å². The molecule has 2 aromatic heterocycles. The van der Waals surface area contributed by atoms with Gasteiger partial charge in [0.05, 0.1) is 25.0 Å². The number of aryl methyl sites for hydroxylation is 2. The lowest BCUT2D eigenvalue weighted by Crippen LogP contribution is -2.30. The number of rotatable bonds is 8. The van der Waals surface area contributed by atoms with Crippen LogP contribution in [-0.4, -0.2) is 21.9 Å². The van der Waals surface area contributed by atoms with E-state index in [1.165, 1.54) is 5.56 Å². The molecule has 0 radical (unpaired) electrons. The third kappa shape index (κ3) is 3.80. The van der Waals surface area contributed by atoms with Gasteiger partial charge in [-0.15, -0.1) is 0 Å². The van der Waals surface area contributed by atoms with E-state index in [0.29, 0.717) is 0 Å². The molecule has 0 aliphatic carbocycles. The van der Waals surface area contributed by atoms with Crippen LogP contribution in [0.15, 0.2) is 30.7 Å². The summed E-state index contributed by atoms with van der Waals surface area (Å²) in [5, 5.41) is 4.38. The minimum atomic E-state index is -0.00536. The zero-order valence-electron chi connectivity index (χ0n) is 12.6. The van der Waals surface area contributed by atoms with Crippen molar-refractivity contribution in [2.24, 2.45) is 5.84 Å². The number of aromatic nitrogens is 3. The van der Waals surface area contributed by atoms with Gasteiger partial charge in [0, 0.05) is 18.9 Å². The fraction of sp³-hybridized carbons (Fsp3) is 0.467. The molecular formula is C15H23N5O. The molecule has 2 rings (SSSR count). The quantitative estimate of drug-likeness (QED) is 0.572. The van der Waals surface area contributed by atoms with Crippen molar-refractivity contribution in [3.8, 4) is 5.75 Å². The van der Waals surface area contributed by atoms with E-state index in [0.717, 1.165) is 37.3 Å². The first kappa shape index (κ1) is 15.5. The molecule has 0 aliphatic rings. The molecule has 6 nitrogen and oxygen atoms in total. The second-order valence-electron chi connectivity index (χ2n) is 4.94. The molecule has 21 heavy (non-hydrogen) atoms. The SMILES string of the molecule is CCCn1ncc(OC)c1C(CCc1cccnc1)NN. The van der Waals surface area contributed by atoms with Gasteiger partial charge in [-0.2, -0.15) is 5.10 Å². The molecule has 3 N–H and O–H groups in total. The Morgan fingerprint density at radius 2 is 2.29 bits per heavy atom. The van der Waals surface area contributed by atoms with Gasteiger partial charge in [-0.1, -0.05) is 13.0 Å². The fourth-order valence-corrected chi connectivity index (χ4v) is 2.43. The minimum absolute atomic E-state index is 0.00536. The van der Waals surface area contributed by atoms with E-state index in [2.05, 4.69) is 28.5 Å². The molecule has 0 amide bonds. The number of nitrogens with two attached hydrogens (primary N) is 1. The van der Waals surface area contributed by atoms with Crippen LogP contribution in [0.4, 0.5) is 0 Å². The molecule has 2 heterocycles. The van der Waals surface area contributed by atoms with Crippen LogP contribution in [-0.2, 0) is 13.0 Å². The lowest BCUT2D eigenvalue weighted by molar-refractivity contribution is 0.385. The van der Waals surface area contributed by atoms with Crippen molar-refractivity contribution in [3.05, 3.63) is 42.0 Å². The Balaban J connectivity index is 2.14. The summed E-state index contributed by atoms with van der Waals surface area (Å²) in [7, 11) is 1.66. The molecule has 0 saturated carbocycles. The molecule has 1 unspecified atom stereocenters. The van der Waals surface area contributed by atoms with Gasteiger partial charge in [-0.3, -0.25) is 20.9 Å². The van der Waals surface area contributed by atoms with Crippen LogP contribution in [0.3, 0.4) is 0 Å². The third-order valence-electron chi connectivity index (χ3n) is 3.48. The highest BCUT2D eigenvalue weighted by molar-refractivity contribution is 5.28. The van der Waals surface area contributed by atoms with E-state index in [-0.39, 0.29) is 6.04 Å². The van der Waals surface area contributed by atoms with Crippen molar-refractivity contribution in [2.75, 3.05) is 7.11 Å². The predicted octanol–water partition coefficient (Wildman–Crippen LogP) is 1.83. The van der Waals surface area contributed by atoms with E-state index in [4.69, 9.17) is 10.6 Å². The molecule has 0 aromatic carbocycles. The Morgan fingerprint density at radius 3 is 2.90 bits per heavy atom. The normalized spacial score (nSPS) is 12.3. The number of hydrogen-bond acceptors (Lipinski definition) is 5. The summed E-state index contributed by atoms with van der Waals surface area (Å²) in [6, 6.07) is 4.01. The van der Waals surface area contributed by atoms with Crippen molar-refractivity contribution in [1.29, 1.82) is 0 Å². The maximum absolute atomic E-state index is 5.75. The molecule has 1 atom stereocenters. The summed E-state index contributed by atoms with van der Waals surface area (Å²) in [4.78, 5) is 4.14. The number of ether oxygens (including phenoxy) is 1. The number of methoxy groups -OCH3 is 1. The second-order valence-corrected chi connectivity index (χ2v) is 4.94. The van der Waals surface area contributed by atoms with Crippen molar-refractivity contribution in [3.63, 3.8) is 0 Å². The number of nitrogens with zero attached hydrogens (tertiary/aromatic N) is 3. The molecule has 0 fully saturated rings. The Labute approximate surface area is 125 Å². The van der Waals surface area contributed by atoms with Gasteiger partial charge in [-0.25, -0.2) is 0 Å². The number of hydrogen-bond donors (Lipinski definition) is 2. The van der Waals surface area contributed by atoms with Crippen LogP contribution in [0.2, 0.25) is 0 Å². The summed E-state index contributed by atoms with van der Waals surface area (Å²) in [6.07, 6.45) is 8.17. The number of nitrogens with one attached hydrogen (secondary N) is 1. The monoisotopic (exact) mass is 289 g/mol. The average Bonchev–Trinajstić information content (AvgIpc) is 2.92. The standard InChI is InChI=1S/C15H23N5O/c1-3-9-20-15(14(21-2)11-18-20)13(19-16)7-6-12-5-4-8-17-10-12/h4-5,8,10-11,13,19H,3,6-7,9,16H2,1-2H3. The van der Waals surface area contributed by atoms with Gasteiger partial charge in [0.1, 0.15) is 0 Å². The average molecular weight is 289 g/mol. The van der Waals surface area contributed by atoms with Gasteiger partial charge < -0.3 is 4.74 Å². The van der Waals surface area contributed by atoms with Crippen LogP contribution < -0.4 is 16.0 Å². The molecule has 0 spiro atoms.